The van der Waals surface area contributed by atoms with Crippen molar-refractivity contribution in [2.24, 2.45) is 10.8 Å². The Labute approximate surface area is 280 Å². The van der Waals surface area contributed by atoms with E-state index in [0.29, 0.717) is 39.4 Å². The van der Waals surface area contributed by atoms with Gasteiger partial charge in [-0.1, -0.05) is 65.8 Å². The van der Waals surface area contributed by atoms with E-state index < -0.39 is 10.8 Å². The first-order chi connectivity index (χ1) is 22.6. The summed E-state index contributed by atoms with van der Waals surface area (Å²) in [4.78, 5) is 62.8. The van der Waals surface area contributed by atoms with E-state index in [2.05, 4.69) is 21.3 Å². The zero-order chi connectivity index (χ0) is 35.1. The fourth-order valence-electron chi connectivity index (χ4n) is 4.15. The summed E-state index contributed by atoms with van der Waals surface area (Å²) >= 11 is 0. The van der Waals surface area contributed by atoms with Crippen molar-refractivity contribution in [1.82, 2.24) is 0 Å². The lowest BCUT2D eigenvalue weighted by Crippen LogP contribution is -2.27. The highest BCUT2D eigenvalue weighted by molar-refractivity contribution is 6.08. The van der Waals surface area contributed by atoms with Gasteiger partial charge in [-0.25, -0.2) is 0 Å². The molecule has 0 saturated heterocycles. The molecule has 48 heavy (non-hydrogen) atoms. The molecule has 9 nitrogen and oxygen atoms in total. The second-order valence-corrected chi connectivity index (χ2v) is 13.4. The number of hydrogen-bond donors (Lipinski definition) is 4. The molecular formula is C39H40N4O5. The Kier molecular flexibility index (Phi) is 10.7. The first kappa shape index (κ1) is 35.0. The zero-order valence-electron chi connectivity index (χ0n) is 27.9. The molecule has 0 heterocycles. The van der Waals surface area contributed by atoms with Crippen LogP contribution in [0.25, 0.3) is 6.08 Å². The van der Waals surface area contributed by atoms with E-state index in [-0.39, 0.29) is 29.4 Å². The molecule has 0 spiro atoms. The number of ketones is 1. The van der Waals surface area contributed by atoms with Crippen LogP contribution in [0, 0.1) is 10.8 Å². The molecule has 9 heteroatoms. The SMILES string of the molecule is CC(C)(C)C(=O)Nc1ccc(C(=O)Nc2ccc(C(=O)C=Cc3ccc(NC(=O)c4cccc(NC(=O)C(C)(C)C)c4)cc3)cc2)cc1. The van der Waals surface area contributed by atoms with E-state index in [4.69, 9.17) is 0 Å². The first-order valence-electron chi connectivity index (χ1n) is 15.5. The van der Waals surface area contributed by atoms with E-state index in [1.54, 1.807) is 103 Å². The van der Waals surface area contributed by atoms with Crippen molar-refractivity contribution in [1.29, 1.82) is 0 Å². The van der Waals surface area contributed by atoms with Gasteiger partial charge in [0.1, 0.15) is 0 Å². The molecule has 0 aromatic heterocycles. The smallest absolute Gasteiger partial charge is 0.255 e. The lowest BCUT2D eigenvalue weighted by molar-refractivity contribution is -0.123. The summed E-state index contributed by atoms with van der Waals surface area (Å²) in [5.41, 5.74) is 3.20. The summed E-state index contributed by atoms with van der Waals surface area (Å²) in [5.74, 6) is -1.12. The monoisotopic (exact) mass is 644 g/mol. The molecule has 4 N–H and O–H groups in total. The van der Waals surface area contributed by atoms with E-state index in [1.165, 1.54) is 6.08 Å². The van der Waals surface area contributed by atoms with Crippen molar-refractivity contribution in [2.45, 2.75) is 41.5 Å². The molecule has 4 rings (SSSR count). The summed E-state index contributed by atoms with van der Waals surface area (Å²) in [7, 11) is 0. The third kappa shape index (κ3) is 9.83. The Morgan fingerprint density at radius 1 is 0.479 bits per heavy atom. The molecule has 0 bridgehead atoms. The van der Waals surface area contributed by atoms with Crippen molar-refractivity contribution < 1.29 is 24.0 Å². The predicted molar refractivity (Wildman–Crippen MR) is 191 cm³/mol. The molecule has 0 unspecified atom stereocenters. The van der Waals surface area contributed by atoms with Gasteiger partial charge in [0.2, 0.25) is 11.8 Å². The minimum atomic E-state index is -0.562. The second-order valence-electron chi connectivity index (χ2n) is 13.4. The molecule has 0 aliphatic heterocycles. The Morgan fingerprint density at radius 2 is 0.917 bits per heavy atom. The lowest BCUT2D eigenvalue weighted by atomic mass is 9.95. The van der Waals surface area contributed by atoms with Crippen LogP contribution in [-0.2, 0) is 9.59 Å². The fraction of sp³-hybridized carbons (Fsp3) is 0.205. The summed E-state index contributed by atoms with van der Waals surface area (Å²) < 4.78 is 0. The topological polar surface area (TPSA) is 133 Å². The van der Waals surface area contributed by atoms with Gasteiger partial charge < -0.3 is 21.3 Å². The van der Waals surface area contributed by atoms with Crippen molar-refractivity contribution in [3.63, 3.8) is 0 Å². The molecule has 0 aliphatic carbocycles. The van der Waals surface area contributed by atoms with Crippen LogP contribution in [0.3, 0.4) is 0 Å². The minimum Gasteiger partial charge on any atom is -0.326 e. The van der Waals surface area contributed by atoms with Gasteiger partial charge in [0.25, 0.3) is 11.8 Å². The molecule has 0 aliphatic rings. The van der Waals surface area contributed by atoms with E-state index in [9.17, 15) is 24.0 Å². The van der Waals surface area contributed by atoms with Gasteiger partial charge in [-0.15, -0.1) is 0 Å². The van der Waals surface area contributed by atoms with Crippen LogP contribution in [0.2, 0.25) is 0 Å². The van der Waals surface area contributed by atoms with Crippen molar-refractivity contribution in [3.8, 4) is 0 Å². The summed E-state index contributed by atoms with van der Waals surface area (Å²) in [6.45, 7) is 10.9. The Bertz CT molecular complexity index is 1850. The van der Waals surface area contributed by atoms with Crippen molar-refractivity contribution in [3.05, 3.63) is 125 Å². The highest BCUT2D eigenvalue weighted by Crippen LogP contribution is 2.21. The molecule has 0 atom stereocenters. The molecule has 4 aromatic rings. The highest BCUT2D eigenvalue weighted by Gasteiger charge is 2.22. The maximum absolute atomic E-state index is 12.8. The van der Waals surface area contributed by atoms with Gasteiger partial charge in [0, 0.05) is 50.3 Å². The number of rotatable bonds is 9. The molecule has 4 amide bonds. The quantitative estimate of drug-likeness (QED) is 0.108. The number of hydrogen-bond acceptors (Lipinski definition) is 5. The fourth-order valence-corrected chi connectivity index (χ4v) is 4.15. The third-order valence-corrected chi connectivity index (χ3v) is 7.17. The van der Waals surface area contributed by atoms with Gasteiger partial charge in [-0.2, -0.15) is 0 Å². The van der Waals surface area contributed by atoms with Crippen molar-refractivity contribution in [2.75, 3.05) is 21.3 Å². The van der Waals surface area contributed by atoms with Crippen LogP contribution < -0.4 is 21.3 Å². The maximum Gasteiger partial charge on any atom is 0.255 e. The van der Waals surface area contributed by atoms with Crippen LogP contribution in [0.5, 0.6) is 0 Å². The number of allylic oxidation sites excluding steroid dienone is 1. The second kappa shape index (κ2) is 14.7. The zero-order valence-corrected chi connectivity index (χ0v) is 27.9. The Balaban J connectivity index is 1.29. The summed E-state index contributed by atoms with van der Waals surface area (Å²) in [5, 5.41) is 11.3. The van der Waals surface area contributed by atoms with Crippen LogP contribution in [0.15, 0.2) is 103 Å². The number of anilines is 4. The largest absolute Gasteiger partial charge is 0.326 e. The Hall–Kier alpha value is -5.83. The predicted octanol–water partition coefficient (Wildman–Crippen LogP) is 8.06. The van der Waals surface area contributed by atoms with E-state index in [1.807, 2.05) is 41.5 Å². The molecule has 0 radical (unpaired) electrons. The summed E-state index contributed by atoms with van der Waals surface area (Å²) in [6, 6.07) is 27.0. The van der Waals surface area contributed by atoms with Crippen LogP contribution >= 0.6 is 0 Å². The minimum absolute atomic E-state index is 0.118. The van der Waals surface area contributed by atoms with Gasteiger partial charge in [-0.05, 0) is 90.5 Å². The number of carbonyl (C=O) groups excluding carboxylic acids is 5. The van der Waals surface area contributed by atoms with E-state index >= 15 is 0 Å². The summed E-state index contributed by atoms with van der Waals surface area (Å²) in [6.07, 6.45) is 3.14. The number of nitrogens with one attached hydrogen (secondary N) is 4. The average Bonchev–Trinajstić information content (AvgIpc) is 3.04. The molecule has 246 valence electrons. The van der Waals surface area contributed by atoms with Crippen LogP contribution in [0.4, 0.5) is 22.7 Å². The third-order valence-electron chi connectivity index (χ3n) is 7.17. The Morgan fingerprint density at radius 3 is 1.44 bits per heavy atom. The van der Waals surface area contributed by atoms with Gasteiger partial charge >= 0.3 is 0 Å². The highest BCUT2D eigenvalue weighted by atomic mass is 16.2. The first-order valence-corrected chi connectivity index (χ1v) is 15.5. The van der Waals surface area contributed by atoms with Gasteiger partial charge in [0.05, 0.1) is 0 Å². The molecule has 0 saturated carbocycles. The van der Waals surface area contributed by atoms with E-state index in [0.717, 1.165) is 5.56 Å². The standard InChI is InChI=1S/C39H40N4O5/c1-38(2,3)36(47)42-31-21-15-27(16-22-31)34(45)40-30-19-13-26(14-20-30)33(44)23-12-25-10-17-29(18-11-25)41-35(46)28-8-7-9-32(24-28)43-37(48)39(4,5)6/h7-24H,1-6H3,(H,40,45)(H,41,46)(H,42,47)(H,43,48). The number of carbonyl (C=O) groups is 5. The van der Waals surface area contributed by atoms with Gasteiger partial charge in [0.15, 0.2) is 5.78 Å². The van der Waals surface area contributed by atoms with Gasteiger partial charge in [-0.3, -0.25) is 24.0 Å². The van der Waals surface area contributed by atoms with Crippen LogP contribution in [0.1, 0.15) is 78.2 Å². The lowest BCUT2D eigenvalue weighted by Gasteiger charge is -2.18. The normalized spacial score (nSPS) is 11.5. The number of amides is 4. The maximum atomic E-state index is 12.8. The average molecular weight is 645 g/mol. The number of benzene rings is 4. The molecule has 4 aromatic carbocycles. The van der Waals surface area contributed by atoms with Crippen LogP contribution in [-0.4, -0.2) is 29.4 Å². The molecule has 0 fully saturated rings. The van der Waals surface area contributed by atoms with Crippen molar-refractivity contribution >= 4 is 58.2 Å². The molecular weight excluding hydrogens is 604 g/mol.